The van der Waals surface area contributed by atoms with Crippen molar-refractivity contribution in [3.8, 4) is 0 Å². The minimum atomic E-state index is -4.62. The van der Waals surface area contributed by atoms with E-state index in [4.69, 9.17) is 14.9 Å². The van der Waals surface area contributed by atoms with Gasteiger partial charge < -0.3 is 19.9 Å². The number of imidazole rings is 1. The molecule has 0 aliphatic rings. The zero-order chi connectivity index (χ0) is 16.0. The Balaban J connectivity index is 2.58. The van der Waals surface area contributed by atoms with Crippen molar-refractivity contribution in [2.75, 3.05) is 6.67 Å². The highest BCUT2D eigenvalue weighted by Gasteiger charge is 2.29. The molecule has 0 fully saturated rings. The Kier molecular flexibility index (Phi) is 6.00. The third-order valence-electron chi connectivity index (χ3n) is 2.48. The van der Waals surface area contributed by atoms with Gasteiger partial charge in [-0.15, -0.1) is 0 Å². The second-order valence-corrected chi connectivity index (χ2v) is 5.87. The number of nitrogens with one attached hydrogen (secondary N) is 2. The van der Waals surface area contributed by atoms with Crippen LogP contribution in [0.3, 0.4) is 0 Å². The summed E-state index contributed by atoms with van der Waals surface area (Å²) < 4.78 is 11.2. The van der Waals surface area contributed by atoms with Crippen molar-refractivity contribution in [2.45, 2.75) is 18.6 Å². The van der Waals surface area contributed by atoms with E-state index in [9.17, 15) is 19.4 Å². The van der Waals surface area contributed by atoms with Gasteiger partial charge in [0.1, 0.15) is 11.5 Å². The number of aliphatic carboxylic acids is 1. The Hall–Kier alpha value is -1.78. The molecule has 118 valence electrons. The molecule has 1 aromatic heterocycles. The van der Waals surface area contributed by atoms with Gasteiger partial charge in [0.25, 0.3) is 5.91 Å². The first-order valence-corrected chi connectivity index (χ1v) is 7.39. The Morgan fingerprint density at radius 2 is 2.14 bits per heavy atom. The second kappa shape index (κ2) is 7.29. The van der Waals surface area contributed by atoms with Crippen LogP contribution in [0.1, 0.15) is 23.3 Å². The fraction of sp³-hybridized carbons (Fsp3) is 0.444. The SMILES string of the molecule is O=C(O)CCC(NCN(O)C(=O)c1cnc[nH]1)P(=O)(O)O. The van der Waals surface area contributed by atoms with Crippen LogP contribution in [0.2, 0.25) is 0 Å². The minimum absolute atomic E-state index is 0.0161. The molecule has 1 heterocycles. The summed E-state index contributed by atoms with van der Waals surface area (Å²) in [6.45, 7) is -0.590. The highest BCUT2D eigenvalue weighted by molar-refractivity contribution is 7.52. The van der Waals surface area contributed by atoms with Crippen molar-refractivity contribution in [3.63, 3.8) is 0 Å². The quantitative estimate of drug-likeness (QED) is 0.154. The van der Waals surface area contributed by atoms with Crippen LogP contribution >= 0.6 is 7.60 Å². The fourth-order valence-corrected chi connectivity index (χ4v) is 2.21. The van der Waals surface area contributed by atoms with Gasteiger partial charge in [-0.05, 0) is 6.42 Å². The predicted molar refractivity (Wildman–Crippen MR) is 67.2 cm³/mol. The molecule has 0 radical (unpaired) electrons. The summed E-state index contributed by atoms with van der Waals surface area (Å²) >= 11 is 0. The topological polar surface area (TPSA) is 176 Å². The summed E-state index contributed by atoms with van der Waals surface area (Å²) in [5, 5.41) is 20.4. The van der Waals surface area contributed by atoms with Gasteiger partial charge in [-0.3, -0.25) is 24.7 Å². The molecule has 0 aliphatic heterocycles. The summed E-state index contributed by atoms with van der Waals surface area (Å²) in [5.74, 6) is -3.56. The number of rotatable bonds is 8. The maximum Gasteiger partial charge on any atom is 0.342 e. The van der Waals surface area contributed by atoms with Crippen LogP contribution in [0.15, 0.2) is 12.5 Å². The molecule has 0 saturated heterocycles. The molecule has 0 aromatic carbocycles. The third-order valence-corrected chi connectivity index (χ3v) is 3.73. The smallest absolute Gasteiger partial charge is 0.342 e. The Morgan fingerprint density at radius 3 is 2.62 bits per heavy atom. The average molecular weight is 322 g/mol. The van der Waals surface area contributed by atoms with Crippen molar-refractivity contribution in [1.29, 1.82) is 0 Å². The summed E-state index contributed by atoms with van der Waals surface area (Å²) in [6.07, 6.45) is 1.56. The van der Waals surface area contributed by atoms with E-state index in [2.05, 4.69) is 15.3 Å². The van der Waals surface area contributed by atoms with Crippen LogP contribution in [0.4, 0.5) is 0 Å². The van der Waals surface area contributed by atoms with Gasteiger partial charge in [-0.2, -0.15) is 0 Å². The van der Waals surface area contributed by atoms with Gasteiger partial charge in [0, 0.05) is 6.42 Å². The van der Waals surface area contributed by atoms with E-state index in [0.717, 1.165) is 6.20 Å². The number of aromatic amines is 1. The number of hydrogen-bond acceptors (Lipinski definition) is 6. The van der Waals surface area contributed by atoms with Gasteiger partial charge in [-0.1, -0.05) is 0 Å². The summed E-state index contributed by atoms with van der Waals surface area (Å²) in [5.41, 5.74) is -0.0161. The highest BCUT2D eigenvalue weighted by atomic mass is 31.2. The maximum absolute atomic E-state index is 11.6. The van der Waals surface area contributed by atoms with Crippen LogP contribution < -0.4 is 5.32 Å². The van der Waals surface area contributed by atoms with Crippen molar-refractivity contribution in [3.05, 3.63) is 18.2 Å². The van der Waals surface area contributed by atoms with Gasteiger partial charge in [0.2, 0.25) is 0 Å². The lowest BCUT2D eigenvalue weighted by Crippen LogP contribution is -2.41. The van der Waals surface area contributed by atoms with Crippen molar-refractivity contribution in [1.82, 2.24) is 20.3 Å². The third kappa shape index (κ3) is 5.61. The number of H-pyrrole nitrogens is 1. The monoisotopic (exact) mass is 322 g/mol. The van der Waals surface area contributed by atoms with E-state index in [1.165, 1.54) is 6.33 Å². The zero-order valence-electron chi connectivity index (χ0n) is 10.7. The lowest BCUT2D eigenvalue weighted by Gasteiger charge is -2.22. The lowest BCUT2D eigenvalue weighted by molar-refractivity contribution is -0.137. The van der Waals surface area contributed by atoms with Crippen LogP contribution in [0, 0.1) is 0 Å². The van der Waals surface area contributed by atoms with Crippen molar-refractivity contribution < 1.29 is 34.3 Å². The van der Waals surface area contributed by atoms with E-state index >= 15 is 0 Å². The number of nitrogens with zero attached hydrogens (tertiary/aromatic N) is 2. The maximum atomic E-state index is 11.6. The first kappa shape index (κ1) is 17.3. The van der Waals surface area contributed by atoms with Crippen LogP contribution in [0.25, 0.3) is 0 Å². The molecule has 1 atom stereocenters. The minimum Gasteiger partial charge on any atom is -0.481 e. The number of carboxylic acids is 1. The molecule has 21 heavy (non-hydrogen) atoms. The Labute approximate surface area is 118 Å². The van der Waals surface area contributed by atoms with Crippen LogP contribution in [0.5, 0.6) is 0 Å². The van der Waals surface area contributed by atoms with Gasteiger partial charge in [-0.25, -0.2) is 10.0 Å². The van der Waals surface area contributed by atoms with Gasteiger partial charge in [0.15, 0.2) is 0 Å². The predicted octanol–water partition coefficient (Wildman–Crippen LogP) is -0.843. The molecule has 12 heteroatoms. The molecule has 0 bridgehead atoms. The molecule has 1 aromatic rings. The Morgan fingerprint density at radius 1 is 1.48 bits per heavy atom. The molecular weight excluding hydrogens is 307 g/mol. The van der Waals surface area contributed by atoms with E-state index in [1.54, 1.807) is 0 Å². The van der Waals surface area contributed by atoms with Crippen LogP contribution in [-0.2, 0) is 9.36 Å². The summed E-state index contributed by atoms with van der Waals surface area (Å²) in [4.78, 5) is 46.2. The number of hydrogen-bond donors (Lipinski definition) is 6. The van der Waals surface area contributed by atoms with E-state index in [-0.39, 0.29) is 17.2 Å². The number of hydroxylamine groups is 2. The van der Waals surface area contributed by atoms with Gasteiger partial charge >= 0.3 is 13.6 Å². The number of carbonyl (C=O) groups is 2. The molecule has 1 rings (SSSR count). The summed E-state index contributed by atoms with van der Waals surface area (Å²) in [6, 6.07) is 0. The number of carbonyl (C=O) groups excluding carboxylic acids is 1. The zero-order valence-corrected chi connectivity index (χ0v) is 11.6. The Bertz CT molecular complexity index is 528. The lowest BCUT2D eigenvalue weighted by atomic mass is 10.3. The van der Waals surface area contributed by atoms with Crippen molar-refractivity contribution in [2.24, 2.45) is 0 Å². The highest BCUT2D eigenvalue weighted by Crippen LogP contribution is 2.41. The first-order valence-electron chi connectivity index (χ1n) is 5.71. The molecule has 0 saturated carbocycles. The number of carboxylic acid groups (broad SMARTS) is 1. The standard InChI is InChI=1S/C9H15N4O7P/c14-8(15)2-1-7(21(18,19)20)12-5-13(17)9(16)6-3-10-4-11-6/h3-4,7,12,17H,1-2,5H2,(H,10,11)(H,14,15)(H2,18,19,20). The largest absolute Gasteiger partial charge is 0.481 e. The molecule has 6 N–H and O–H groups in total. The van der Waals surface area contributed by atoms with E-state index in [1.807, 2.05) is 0 Å². The molecule has 11 nitrogen and oxygen atoms in total. The van der Waals surface area contributed by atoms with E-state index < -0.39 is 38.3 Å². The average Bonchev–Trinajstić information content (AvgIpc) is 2.89. The number of aromatic nitrogens is 2. The molecule has 0 aliphatic carbocycles. The summed E-state index contributed by atoms with van der Waals surface area (Å²) in [7, 11) is -4.62. The van der Waals surface area contributed by atoms with Crippen LogP contribution in [-0.4, -0.2) is 59.5 Å². The van der Waals surface area contributed by atoms with E-state index in [0.29, 0.717) is 0 Å². The fourth-order valence-electron chi connectivity index (χ4n) is 1.42. The van der Waals surface area contributed by atoms with Crippen molar-refractivity contribution >= 4 is 19.5 Å². The molecule has 1 amide bonds. The van der Waals surface area contributed by atoms with Gasteiger partial charge in [0.05, 0.1) is 19.2 Å². The molecule has 1 unspecified atom stereocenters. The second-order valence-electron chi connectivity index (χ2n) is 4.07. The molecular formula is C9H15N4O7P. The first-order chi connectivity index (χ1) is 9.71. The molecule has 0 spiro atoms. The normalized spacial score (nSPS) is 12.9. The number of amides is 1.